The van der Waals surface area contributed by atoms with Gasteiger partial charge in [0.15, 0.2) is 0 Å². The van der Waals surface area contributed by atoms with Gasteiger partial charge in [0.2, 0.25) is 5.91 Å². The highest BCUT2D eigenvalue weighted by Gasteiger charge is 2.44. The zero-order valence-electron chi connectivity index (χ0n) is 9.36. The number of amides is 1. The molecule has 0 bridgehead atoms. The first-order valence-electron chi connectivity index (χ1n) is 5.89. The van der Waals surface area contributed by atoms with Crippen LogP contribution in [0.3, 0.4) is 0 Å². The van der Waals surface area contributed by atoms with E-state index in [0.29, 0.717) is 6.42 Å². The second-order valence-corrected chi connectivity index (χ2v) is 4.76. The summed E-state index contributed by atoms with van der Waals surface area (Å²) in [6.07, 6.45) is 3.19. The summed E-state index contributed by atoms with van der Waals surface area (Å²) < 4.78 is 5.35. The van der Waals surface area contributed by atoms with Crippen molar-refractivity contribution in [3.63, 3.8) is 0 Å². The molecule has 3 aliphatic heterocycles. The molecule has 1 unspecified atom stereocenters. The zero-order chi connectivity index (χ0) is 11.3. The molecule has 2 atom stereocenters. The molecule has 4 nitrogen and oxygen atoms in total. The van der Waals surface area contributed by atoms with Crippen LogP contribution in [0, 0.1) is 0 Å². The maximum absolute atomic E-state index is 11.7. The molecular formula is C12H15NO3. The first-order chi connectivity index (χ1) is 7.68. The maximum Gasteiger partial charge on any atom is 0.334 e. The Morgan fingerprint density at radius 3 is 2.94 bits per heavy atom. The fraction of sp³-hybridized carbons (Fsp3) is 0.667. The van der Waals surface area contributed by atoms with Crippen LogP contribution in [0.25, 0.3) is 0 Å². The summed E-state index contributed by atoms with van der Waals surface area (Å²) in [7, 11) is 0. The third kappa shape index (κ3) is 1.22. The highest BCUT2D eigenvalue weighted by molar-refractivity contribution is 5.92. The van der Waals surface area contributed by atoms with Crippen molar-refractivity contribution in [2.75, 3.05) is 6.54 Å². The number of ether oxygens (including phenoxy) is 1. The summed E-state index contributed by atoms with van der Waals surface area (Å²) in [4.78, 5) is 25.2. The Morgan fingerprint density at radius 1 is 1.31 bits per heavy atom. The Morgan fingerprint density at radius 2 is 2.12 bits per heavy atom. The average Bonchev–Trinajstić information content (AvgIpc) is 2.67. The van der Waals surface area contributed by atoms with Crippen molar-refractivity contribution < 1.29 is 14.3 Å². The highest BCUT2D eigenvalue weighted by atomic mass is 16.5. The lowest BCUT2D eigenvalue weighted by atomic mass is 9.95. The number of carbonyl (C=O) groups excluding carboxylic acids is 2. The van der Waals surface area contributed by atoms with E-state index in [4.69, 9.17) is 4.74 Å². The molecule has 0 radical (unpaired) electrons. The van der Waals surface area contributed by atoms with Crippen LogP contribution in [0.5, 0.6) is 0 Å². The van der Waals surface area contributed by atoms with E-state index in [9.17, 15) is 9.59 Å². The van der Waals surface area contributed by atoms with E-state index in [2.05, 4.69) is 0 Å². The number of hydrogen-bond acceptors (Lipinski definition) is 3. The molecule has 1 amide bonds. The van der Waals surface area contributed by atoms with Gasteiger partial charge in [-0.3, -0.25) is 4.79 Å². The van der Waals surface area contributed by atoms with Gasteiger partial charge in [-0.15, -0.1) is 0 Å². The molecule has 0 spiro atoms. The standard InChI is InChI=1S/C12H15NO3/c1-7-11-8-4-5-10(14)13(8)6-2-3-9(11)16-12(7)15/h8-9H,2-6H2,1H3/t8?,9-/m1/s1. The second kappa shape index (κ2) is 3.34. The average molecular weight is 221 g/mol. The van der Waals surface area contributed by atoms with E-state index < -0.39 is 0 Å². The number of rotatable bonds is 0. The molecule has 0 saturated carbocycles. The van der Waals surface area contributed by atoms with Crippen LogP contribution in [-0.2, 0) is 14.3 Å². The van der Waals surface area contributed by atoms with Gasteiger partial charge in [0.25, 0.3) is 0 Å². The summed E-state index contributed by atoms with van der Waals surface area (Å²) in [5, 5.41) is 0. The predicted octanol–water partition coefficient (Wildman–Crippen LogP) is 1.01. The quantitative estimate of drug-likeness (QED) is 0.574. The lowest BCUT2D eigenvalue weighted by molar-refractivity contribution is -0.140. The first kappa shape index (κ1) is 9.87. The van der Waals surface area contributed by atoms with Crippen molar-refractivity contribution in [1.82, 2.24) is 4.90 Å². The fourth-order valence-corrected chi connectivity index (χ4v) is 3.10. The van der Waals surface area contributed by atoms with Crippen LogP contribution in [0.15, 0.2) is 11.1 Å². The molecule has 86 valence electrons. The molecule has 16 heavy (non-hydrogen) atoms. The Kier molecular flexibility index (Phi) is 2.06. The van der Waals surface area contributed by atoms with Crippen molar-refractivity contribution >= 4 is 11.9 Å². The molecular weight excluding hydrogens is 206 g/mol. The Balaban J connectivity index is 2.03. The largest absolute Gasteiger partial charge is 0.454 e. The highest BCUT2D eigenvalue weighted by Crippen LogP contribution is 2.38. The molecule has 0 aromatic heterocycles. The molecule has 2 fully saturated rings. The van der Waals surface area contributed by atoms with Gasteiger partial charge in [-0.05, 0) is 26.2 Å². The number of carbonyl (C=O) groups is 2. The molecule has 2 saturated heterocycles. The SMILES string of the molecule is CC1=C2C3CCC(=O)N3CCC[C@H]2OC1=O. The molecule has 0 aliphatic carbocycles. The summed E-state index contributed by atoms with van der Waals surface area (Å²) in [5.41, 5.74) is 1.81. The minimum atomic E-state index is -0.193. The minimum absolute atomic E-state index is 0.0617. The van der Waals surface area contributed by atoms with E-state index in [0.717, 1.165) is 37.0 Å². The summed E-state index contributed by atoms with van der Waals surface area (Å²) in [5.74, 6) is 0.0338. The van der Waals surface area contributed by atoms with Gasteiger partial charge < -0.3 is 9.64 Å². The number of esters is 1. The molecule has 0 aromatic rings. The first-order valence-corrected chi connectivity index (χ1v) is 5.89. The van der Waals surface area contributed by atoms with Gasteiger partial charge in [0, 0.05) is 24.1 Å². The van der Waals surface area contributed by atoms with Crippen LogP contribution in [0.2, 0.25) is 0 Å². The van der Waals surface area contributed by atoms with E-state index in [1.54, 1.807) is 0 Å². The second-order valence-electron chi connectivity index (χ2n) is 4.76. The maximum atomic E-state index is 11.7. The molecule has 3 heterocycles. The van der Waals surface area contributed by atoms with Gasteiger partial charge in [-0.25, -0.2) is 4.79 Å². The molecule has 0 N–H and O–H groups in total. The molecule has 3 aliphatic rings. The fourth-order valence-electron chi connectivity index (χ4n) is 3.10. The Bertz CT molecular complexity index is 399. The van der Waals surface area contributed by atoms with Crippen molar-refractivity contribution in [2.45, 2.75) is 44.8 Å². The smallest absolute Gasteiger partial charge is 0.334 e. The molecule has 0 aromatic carbocycles. The summed E-state index contributed by atoms with van der Waals surface area (Å²) in [6, 6.07) is 0.131. The van der Waals surface area contributed by atoms with Crippen molar-refractivity contribution in [1.29, 1.82) is 0 Å². The summed E-state index contributed by atoms with van der Waals surface area (Å²) in [6.45, 7) is 2.64. The van der Waals surface area contributed by atoms with Crippen molar-refractivity contribution in [3.05, 3.63) is 11.1 Å². The lowest BCUT2D eigenvalue weighted by Crippen LogP contribution is -2.34. The lowest BCUT2D eigenvalue weighted by Gasteiger charge is -2.24. The van der Waals surface area contributed by atoms with Crippen LogP contribution < -0.4 is 0 Å². The topological polar surface area (TPSA) is 46.6 Å². The molecule has 4 heteroatoms. The van der Waals surface area contributed by atoms with E-state index in [-0.39, 0.29) is 24.0 Å². The summed E-state index contributed by atoms with van der Waals surface area (Å²) >= 11 is 0. The van der Waals surface area contributed by atoms with Crippen LogP contribution in [0.4, 0.5) is 0 Å². The normalized spacial score (nSPS) is 33.7. The Labute approximate surface area is 94.2 Å². The number of hydrogen-bond donors (Lipinski definition) is 0. The van der Waals surface area contributed by atoms with Crippen LogP contribution in [0.1, 0.15) is 32.6 Å². The van der Waals surface area contributed by atoms with Gasteiger partial charge in [-0.1, -0.05) is 0 Å². The third-order valence-corrected chi connectivity index (χ3v) is 3.89. The molecule has 3 rings (SSSR count). The van der Waals surface area contributed by atoms with Crippen LogP contribution >= 0.6 is 0 Å². The van der Waals surface area contributed by atoms with Crippen molar-refractivity contribution in [3.8, 4) is 0 Å². The predicted molar refractivity (Wildman–Crippen MR) is 56.5 cm³/mol. The van der Waals surface area contributed by atoms with E-state index >= 15 is 0 Å². The zero-order valence-corrected chi connectivity index (χ0v) is 9.36. The van der Waals surface area contributed by atoms with Gasteiger partial charge >= 0.3 is 5.97 Å². The minimum Gasteiger partial charge on any atom is -0.454 e. The van der Waals surface area contributed by atoms with Gasteiger partial charge in [0.05, 0.1) is 6.04 Å². The van der Waals surface area contributed by atoms with Gasteiger partial charge in [0.1, 0.15) is 6.10 Å². The number of nitrogens with zero attached hydrogens (tertiary/aromatic N) is 1. The van der Waals surface area contributed by atoms with Gasteiger partial charge in [-0.2, -0.15) is 0 Å². The van der Waals surface area contributed by atoms with Crippen molar-refractivity contribution in [2.24, 2.45) is 0 Å². The third-order valence-electron chi connectivity index (χ3n) is 3.89. The number of fused-ring (bicyclic) bond motifs is 3. The van der Waals surface area contributed by atoms with Crippen LogP contribution in [-0.4, -0.2) is 35.5 Å². The van der Waals surface area contributed by atoms with E-state index in [1.807, 2.05) is 11.8 Å². The monoisotopic (exact) mass is 221 g/mol. The Hall–Kier alpha value is -1.32. The van der Waals surface area contributed by atoms with E-state index in [1.165, 1.54) is 0 Å².